The zero-order chi connectivity index (χ0) is 21.6. The minimum absolute atomic E-state index is 0.0486. The van der Waals surface area contributed by atoms with Crippen molar-refractivity contribution in [3.8, 4) is 11.5 Å². The minimum atomic E-state index is -4.73. The molecule has 0 spiro atoms. The fourth-order valence-corrected chi connectivity index (χ4v) is 4.30. The van der Waals surface area contributed by atoms with Gasteiger partial charge in [0.1, 0.15) is 11.5 Å². The lowest BCUT2D eigenvalue weighted by Crippen LogP contribution is -2.33. The summed E-state index contributed by atoms with van der Waals surface area (Å²) in [5.41, 5.74) is 3.66. The van der Waals surface area contributed by atoms with Gasteiger partial charge in [0.2, 0.25) is 6.23 Å². The molecule has 0 radical (unpaired) electrons. The maximum absolute atomic E-state index is 12.5. The summed E-state index contributed by atoms with van der Waals surface area (Å²) in [5.74, 6) is 0.456. The van der Waals surface area contributed by atoms with Gasteiger partial charge in [-0.3, -0.25) is 0 Å². The molecule has 5 rings (SSSR count). The molecule has 0 aromatic heterocycles. The highest BCUT2D eigenvalue weighted by atomic mass is 79.9. The fraction of sp³-hybridized carbons (Fsp3) is 0.174. The molecule has 8 heteroatoms. The third-order valence-electron chi connectivity index (χ3n) is 5.26. The average Bonchev–Trinajstić information content (AvgIpc) is 3.19. The number of alkyl halides is 3. The standard InChI is InChI=1S/C23H16BrF3N2O2/c24-16-8-11-21-18(12-16)20-13-19(14-4-2-1-3-5-14)28-29(20)22(30-21)15-6-9-17(10-7-15)31-23(25,26)27/h1-12,20,22H,13H2/t20-,22-/m0/s1. The Morgan fingerprint density at radius 1 is 1.00 bits per heavy atom. The number of rotatable bonds is 3. The molecule has 0 unspecified atom stereocenters. The van der Waals surface area contributed by atoms with Crippen molar-refractivity contribution in [3.63, 3.8) is 0 Å². The molecule has 2 atom stereocenters. The second-order valence-electron chi connectivity index (χ2n) is 7.28. The second kappa shape index (κ2) is 7.60. The molecule has 0 saturated carbocycles. The fourth-order valence-electron chi connectivity index (χ4n) is 3.92. The Hall–Kier alpha value is -3.00. The van der Waals surface area contributed by atoms with E-state index in [4.69, 9.17) is 9.84 Å². The van der Waals surface area contributed by atoms with Crippen LogP contribution >= 0.6 is 15.9 Å². The van der Waals surface area contributed by atoms with E-state index in [1.54, 1.807) is 12.1 Å². The van der Waals surface area contributed by atoms with Crippen LogP contribution in [0.5, 0.6) is 11.5 Å². The average molecular weight is 489 g/mol. The third-order valence-corrected chi connectivity index (χ3v) is 5.75. The van der Waals surface area contributed by atoms with Crippen LogP contribution < -0.4 is 9.47 Å². The normalized spacial score (nSPS) is 19.9. The number of benzene rings is 3. The highest BCUT2D eigenvalue weighted by molar-refractivity contribution is 9.10. The van der Waals surface area contributed by atoms with Gasteiger partial charge >= 0.3 is 6.36 Å². The van der Waals surface area contributed by atoms with Crippen LogP contribution in [0.2, 0.25) is 0 Å². The van der Waals surface area contributed by atoms with Crippen molar-refractivity contribution in [2.75, 3.05) is 0 Å². The van der Waals surface area contributed by atoms with Crippen LogP contribution in [-0.4, -0.2) is 17.1 Å². The van der Waals surface area contributed by atoms with Gasteiger partial charge < -0.3 is 9.47 Å². The predicted octanol–water partition coefficient (Wildman–Crippen LogP) is 6.59. The van der Waals surface area contributed by atoms with E-state index < -0.39 is 12.6 Å². The number of nitrogens with zero attached hydrogens (tertiary/aromatic N) is 2. The number of hydrazone groups is 1. The van der Waals surface area contributed by atoms with Crippen molar-refractivity contribution in [2.45, 2.75) is 25.1 Å². The van der Waals surface area contributed by atoms with E-state index in [2.05, 4.69) is 20.7 Å². The highest BCUT2D eigenvalue weighted by Gasteiger charge is 2.41. The van der Waals surface area contributed by atoms with E-state index >= 15 is 0 Å². The summed E-state index contributed by atoms with van der Waals surface area (Å²) in [6, 6.07) is 21.4. The molecule has 3 aromatic carbocycles. The second-order valence-corrected chi connectivity index (χ2v) is 8.20. The third kappa shape index (κ3) is 3.99. The number of hydrogen-bond acceptors (Lipinski definition) is 4. The van der Waals surface area contributed by atoms with Crippen LogP contribution in [-0.2, 0) is 0 Å². The Balaban J connectivity index is 1.52. The lowest BCUT2D eigenvalue weighted by molar-refractivity contribution is -0.274. The molecule has 0 amide bonds. The monoisotopic (exact) mass is 488 g/mol. The van der Waals surface area contributed by atoms with Crippen LogP contribution in [0, 0.1) is 0 Å². The van der Waals surface area contributed by atoms with Crippen molar-refractivity contribution in [2.24, 2.45) is 5.10 Å². The van der Waals surface area contributed by atoms with Crippen LogP contribution in [0.15, 0.2) is 82.4 Å². The molecule has 2 aliphatic rings. The molecule has 2 aliphatic heterocycles. The largest absolute Gasteiger partial charge is 0.573 e. The zero-order valence-corrected chi connectivity index (χ0v) is 17.6. The Labute approximate surface area is 185 Å². The summed E-state index contributed by atoms with van der Waals surface area (Å²) in [5, 5.41) is 6.73. The van der Waals surface area contributed by atoms with Crippen molar-refractivity contribution >= 4 is 21.6 Å². The Morgan fingerprint density at radius 2 is 1.74 bits per heavy atom. The maximum Gasteiger partial charge on any atom is 0.573 e. The molecule has 0 fully saturated rings. The van der Waals surface area contributed by atoms with Crippen molar-refractivity contribution < 1.29 is 22.6 Å². The zero-order valence-electron chi connectivity index (χ0n) is 16.0. The Kier molecular flexibility index (Phi) is 4.89. The van der Waals surface area contributed by atoms with E-state index in [0.29, 0.717) is 12.0 Å². The first kappa shape index (κ1) is 19.9. The van der Waals surface area contributed by atoms with Gasteiger partial charge in [0, 0.05) is 22.0 Å². The van der Waals surface area contributed by atoms with Gasteiger partial charge in [-0.1, -0.05) is 46.3 Å². The highest BCUT2D eigenvalue weighted by Crippen LogP contribution is 2.48. The molecular weight excluding hydrogens is 473 g/mol. The van der Waals surface area contributed by atoms with Gasteiger partial charge in [0.25, 0.3) is 0 Å². The minimum Gasteiger partial charge on any atom is -0.464 e. The quantitative estimate of drug-likeness (QED) is 0.417. The number of fused-ring (bicyclic) bond motifs is 3. The molecule has 4 nitrogen and oxygen atoms in total. The van der Waals surface area contributed by atoms with E-state index in [1.165, 1.54) is 12.1 Å². The van der Waals surface area contributed by atoms with Crippen LogP contribution in [0.4, 0.5) is 13.2 Å². The van der Waals surface area contributed by atoms with Gasteiger partial charge in [-0.05, 0) is 48.0 Å². The van der Waals surface area contributed by atoms with Gasteiger partial charge in [-0.2, -0.15) is 5.10 Å². The summed E-state index contributed by atoms with van der Waals surface area (Å²) in [6.07, 6.45) is -4.60. The first-order valence-electron chi connectivity index (χ1n) is 9.60. The molecule has 2 heterocycles. The Morgan fingerprint density at radius 3 is 2.45 bits per heavy atom. The molecule has 3 aromatic rings. The molecule has 158 valence electrons. The topological polar surface area (TPSA) is 34.1 Å². The first-order valence-corrected chi connectivity index (χ1v) is 10.4. The van der Waals surface area contributed by atoms with Crippen LogP contribution in [0.1, 0.15) is 35.4 Å². The Bertz CT molecular complexity index is 1130. The lowest BCUT2D eigenvalue weighted by atomic mass is 9.96. The van der Waals surface area contributed by atoms with Gasteiger partial charge in [0.15, 0.2) is 0 Å². The summed E-state index contributed by atoms with van der Waals surface area (Å²) in [7, 11) is 0. The van der Waals surface area contributed by atoms with E-state index in [1.807, 2.05) is 53.5 Å². The first-order chi connectivity index (χ1) is 14.9. The van der Waals surface area contributed by atoms with Crippen LogP contribution in [0.25, 0.3) is 0 Å². The van der Waals surface area contributed by atoms with Crippen LogP contribution in [0.3, 0.4) is 0 Å². The molecule has 31 heavy (non-hydrogen) atoms. The lowest BCUT2D eigenvalue weighted by Gasteiger charge is -2.38. The van der Waals surface area contributed by atoms with E-state index in [9.17, 15) is 13.2 Å². The van der Waals surface area contributed by atoms with Crippen molar-refractivity contribution in [1.29, 1.82) is 0 Å². The maximum atomic E-state index is 12.5. The summed E-state index contributed by atoms with van der Waals surface area (Å²) < 4.78 is 48.7. The van der Waals surface area contributed by atoms with Gasteiger partial charge in [-0.25, -0.2) is 5.01 Å². The predicted molar refractivity (Wildman–Crippen MR) is 113 cm³/mol. The molecule has 0 aliphatic carbocycles. The summed E-state index contributed by atoms with van der Waals surface area (Å²) >= 11 is 3.52. The van der Waals surface area contributed by atoms with Gasteiger partial charge in [0.05, 0.1) is 11.8 Å². The number of hydrogen-bond donors (Lipinski definition) is 0. The van der Waals surface area contributed by atoms with Crippen molar-refractivity contribution in [1.82, 2.24) is 5.01 Å². The van der Waals surface area contributed by atoms with Gasteiger partial charge in [-0.15, -0.1) is 13.2 Å². The van der Waals surface area contributed by atoms with E-state index in [0.717, 1.165) is 27.1 Å². The molecule has 0 N–H and O–H groups in total. The summed E-state index contributed by atoms with van der Waals surface area (Å²) in [6.45, 7) is 0. The molecule has 0 bridgehead atoms. The van der Waals surface area contributed by atoms with Crippen molar-refractivity contribution in [3.05, 3.63) is 94.0 Å². The summed E-state index contributed by atoms with van der Waals surface area (Å²) in [4.78, 5) is 0. The van der Waals surface area contributed by atoms with E-state index in [-0.39, 0.29) is 11.8 Å². The molecule has 0 saturated heterocycles. The smallest absolute Gasteiger partial charge is 0.464 e. The molecular formula is C23H16BrF3N2O2. The number of ether oxygens (including phenoxy) is 2. The SMILES string of the molecule is FC(F)(F)Oc1ccc([C@@H]2Oc3ccc(Br)cc3[C@@H]3CC(c4ccccc4)=NN32)cc1. The number of halogens is 4.